The van der Waals surface area contributed by atoms with Crippen molar-refractivity contribution in [2.45, 2.75) is 70.3 Å². The van der Waals surface area contributed by atoms with Gasteiger partial charge in [-0.1, -0.05) is 43.3 Å². The smallest absolute Gasteiger partial charge is 0.404 e. The molecule has 0 aliphatic carbocycles. The molecule has 2 aliphatic heterocycles. The standard InChI is InChI=1S/C32H44FN3O4/c1-2-23-7-3-8-25(21-23)30-27(10-4-11-28(30)33)32(40,16-6-17-35-31(38)39)26-9-5-20-36(22-26)29(37)13-12-24-14-18-34-19-15-24/h3-4,7-8,10-11,21,24,26,34-35,40H,2,5-6,9,12-20,22H2,1H3,(H,38,39)/t26?,32-/m0/s1. The molecule has 0 spiro atoms. The maximum atomic E-state index is 15.6. The van der Waals surface area contributed by atoms with Gasteiger partial charge in [0.2, 0.25) is 5.91 Å². The van der Waals surface area contributed by atoms with Gasteiger partial charge in [-0.15, -0.1) is 0 Å². The van der Waals surface area contributed by atoms with E-state index in [4.69, 9.17) is 5.11 Å². The number of hydrogen-bond donors (Lipinski definition) is 4. The lowest BCUT2D eigenvalue weighted by Crippen LogP contribution is -2.48. The molecule has 1 unspecified atom stereocenters. The number of piperidine rings is 2. The van der Waals surface area contributed by atoms with E-state index >= 15 is 4.39 Å². The minimum atomic E-state index is -1.44. The first kappa shape index (κ1) is 30.0. The Bertz CT molecular complexity index is 1150. The van der Waals surface area contributed by atoms with Crippen LogP contribution in [0.2, 0.25) is 0 Å². The van der Waals surface area contributed by atoms with Gasteiger partial charge in [0.05, 0.1) is 5.60 Å². The second kappa shape index (κ2) is 14.1. The third kappa shape index (κ3) is 7.40. The highest BCUT2D eigenvalue weighted by Crippen LogP contribution is 2.44. The number of halogens is 1. The largest absolute Gasteiger partial charge is 0.465 e. The molecule has 2 atom stereocenters. The molecule has 2 aromatic carbocycles. The molecule has 2 fully saturated rings. The molecule has 0 saturated carbocycles. The molecule has 2 aromatic rings. The average molecular weight is 554 g/mol. The normalized spacial score (nSPS) is 19.7. The Hall–Kier alpha value is -2.97. The van der Waals surface area contributed by atoms with Crippen molar-refractivity contribution >= 4 is 12.0 Å². The van der Waals surface area contributed by atoms with Crippen LogP contribution in [0.4, 0.5) is 9.18 Å². The second-order valence-corrected chi connectivity index (χ2v) is 11.4. The van der Waals surface area contributed by atoms with Crippen LogP contribution in [0.3, 0.4) is 0 Å². The van der Waals surface area contributed by atoms with Gasteiger partial charge >= 0.3 is 6.09 Å². The zero-order valence-corrected chi connectivity index (χ0v) is 23.6. The Kier molecular flexibility index (Phi) is 10.6. The van der Waals surface area contributed by atoms with Crippen molar-refractivity contribution in [3.63, 3.8) is 0 Å². The highest BCUT2D eigenvalue weighted by atomic mass is 19.1. The number of amides is 2. The second-order valence-electron chi connectivity index (χ2n) is 11.4. The molecule has 0 aromatic heterocycles. The zero-order valence-electron chi connectivity index (χ0n) is 23.6. The van der Waals surface area contributed by atoms with E-state index in [2.05, 4.69) is 10.6 Å². The molecule has 7 nitrogen and oxygen atoms in total. The number of aryl methyl sites for hydroxylation is 1. The third-order valence-corrected chi connectivity index (χ3v) is 8.79. The summed E-state index contributed by atoms with van der Waals surface area (Å²) < 4.78 is 15.6. The quantitative estimate of drug-likeness (QED) is 0.283. The summed E-state index contributed by atoms with van der Waals surface area (Å²) >= 11 is 0. The average Bonchev–Trinajstić information content (AvgIpc) is 2.98. The number of carbonyl (C=O) groups excluding carboxylic acids is 1. The molecule has 2 heterocycles. The van der Waals surface area contributed by atoms with E-state index in [0.717, 1.165) is 50.8 Å². The summed E-state index contributed by atoms with van der Waals surface area (Å²) in [6.07, 6.45) is 5.37. The summed E-state index contributed by atoms with van der Waals surface area (Å²) in [7, 11) is 0. The van der Waals surface area contributed by atoms with Gasteiger partial charge in [0, 0.05) is 37.5 Å². The van der Waals surface area contributed by atoms with Crippen molar-refractivity contribution < 1.29 is 24.2 Å². The molecule has 2 amide bonds. The fourth-order valence-electron chi connectivity index (χ4n) is 6.49. The van der Waals surface area contributed by atoms with Crippen molar-refractivity contribution in [1.82, 2.24) is 15.5 Å². The lowest BCUT2D eigenvalue weighted by molar-refractivity contribution is -0.137. The summed E-state index contributed by atoms with van der Waals surface area (Å²) in [5, 5.41) is 27.3. The van der Waals surface area contributed by atoms with Crippen LogP contribution in [0.15, 0.2) is 42.5 Å². The van der Waals surface area contributed by atoms with Crippen LogP contribution in [-0.4, -0.2) is 59.8 Å². The van der Waals surface area contributed by atoms with Gasteiger partial charge < -0.3 is 25.7 Å². The predicted octanol–water partition coefficient (Wildman–Crippen LogP) is 5.31. The van der Waals surface area contributed by atoms with Crippen LogP contribution in [-0.2, 0) is 16.8 Å². The number of carboxylic acid groups (broad SMARTS) is 1. The molecule has 8 heteroatoms. The monoisotopic (exact) mass is 553 g/mol. The van der Waals surface area contributed by atoms with Crippen LogP contribution in [0, 0.1) is 17.7 Å². The predicted molar refractivity (Wildman–Crippen MR) is 155 cm³/mol. The van der Waals surface area contributed by atoms with Gasteiger partial charge in [0.15, 0.2) is 0 Å². The van der Waals surface area contributed by atoms with E-state index in [1.165, 1.54) is 6.07 Å². The maximum Gasteiger partial charge on any atom is 0.404 e. The summed E-state index contributed by atoms with van der Waals surface area (Å²) in [5.41, 5.74) is 1.23. The molecule has 218 valence electrons. The highest BCUT2D eigenvalue weighted by molar-refractivity contribution is 5.76. The van der Waals surface area contributed by atoms with E-state index < -0.39 is 17.5 Å². The number of rotatable bonds is 11. The maximum absolute atomic E-state index is 15.6. The first-order chi connectivity index (χ1) is 19.3. The van der Waals surface area contributed by atoms with E-state index in [0.29, 0.717) is 55.0 Å². The first-order valence-corrected chi connectivity index (χ1v) is 14.9. The van der Waals surface area contributed by atoms with Crippen LogP contribution < -0.4 is 10.6 Å². The number of carbonyl (C=O) groups is 2. The van der Waals surface area contributed by atoms with Crippen LogP contribution >= 0.6 is 0 Å². The molecule has 0 bridgehead atoms. The van der Waals surface area contributed by atoms with Crippen LogP contribution in [0.25, 0.3) is 11.1 Å². The van der Waals surface area contributed by atoms with Crippen molar-refractivity contribution in [1.29, 1.82) is 0 Å². The van der Waals surface area contributed by atoms with Crippen molar-refractivity contribution in [2.75, 3.05) is 32.7 Å². The minimum Gasteiger partial charge on any atom is -0.465 e. The summed E-state index contributed by atoms with van der Waals surface area (Å²) in [5.74, 6) is -0.0196. The fourth-order valence-corrected chi connectivity index (χ4v) is 6.49. The van der Waals surface area contributed by atoms with Gasteiger partial charge in [-0.3, -0.25) is 4.79 Å². The Morgan fingerprint density at radius 1 is 1.15 bits per heavy atom. The molecule has 2 aliphatic rings. The van der Waals surface area contributed by atoms with Crippen molar-refractivity contribution in [3.05, 3.63) is 59.4 Å². The fraction of sp³-hybridized carbons (Fsp3) is 0.562. The van der Waals surface area contributed by atoms with Gasteiger partial charge in [0.25, 0.3) is 0 Å². The molecule has 40 heavy (non-hydrogen) atoms. The molecular formula is C32H44FN3O4. The Labute approximate surface area is 237 Å². The SMILES string of the molecule is CCc1cccc(-c2c(F)cccc2[C@](O)(CCCNC(=O)O)C2CCCN(C(=O)CCC3CCNCC3)C2)c1. The van der Waals surface area contributed by atoms with Crippen molar-refractivity contribution in [3.8, 4) is 11.1 Å². The molecule has 4 rings (SSSR count). The molecule has 0 radical (unpaired) electrons. The van der Waals surface area contributed by atoms with E-state index in [-0.39, 0.29) is 24.8 Å². The molecular weight excluding hydrogens is 509 g/mol. The highest BCUT2D eigenvalue weighted by Gasteiger charge is 2.43. The Morgan fingerprint density at radius 3 is 2.67 bits per heavy atom. The van der Waals surface area contributed by atoms with Gasteiger partial charge in [-0.25, -0.2) is 9.18 Å². The van der Waals surface area contributed by atoms with Gasteiger partial charge in [-0.05, 0) is 93.1 Å². The lowest BCUT2D eigenvalue weighted by atomic mass is 9.72. The zero-order chi connectivity index (χ0) is 28.5. The number of aliphatic hydroxyl groups is 1. The van der Waals surface area contributed by atoms with E-state index in [9.17, 15) is 14.7 Å². The Balaban J connectivity index is 1.61. The van der Waals surface area contributed by atoms with Crippen molar-refractivity contribution in [2.24, 2.45) is 11.8 Å². The number of nitrogens with one attached hydrogen (secondary N) is 2. The lowest BCUT2D eigenvalue weighted by Gasteiger charge is -2.44. The Morgan fingerprint density at radius 2 is 1.93 bits per heavy atom. The first-order valence-electron chi connectivity index (χ1n) is 14.9. The number of benzene rings is 2. The topological polar surface area (TPSA) is 102 Å². The van der Waals surface area contributed by atoms with E-state index in [1.807, 2.05) is 36.1 Å². The van der Waals surface area contributed by atoms with Crippen LogP contribution in [0.1, 0.15) is 69.4 Å². The number of likely N-dealkylation sites (tertiary alicyclic amines) is 1. The number of hydrogen-bond acceptors (Lipinski definition) is 4. The van der Waals surface area contributed by atoms with E-state index in [1.54, 1.807) is 12.1 Å². The van der Waals surface area contributed by atoms with Crippen LogP contribution in [0.5, 0.6) is 0 Å². The van der Waals surface area contributed by atoms with Gasteiger partial charge in [0.1, 0.15) is 5.82 Å². The van der Waals surface area contributed by atoms with Gasteiger partial charge in [-0.2, -0.15) is 0 Å². The summed E-state index contributed by atoms with van der Waals surface area (Å²) in [6, 6.07) is 12.6. The summed E-state index contributed by atoms with van der Waals surface area (Å²) in [4.78, 5) is 26.2. The number of nitrogens with zero attached hydrogens (tertiary/aromatic N) is 1. The third-order valence-electron chi connectivity index (χ3n) is 8.79. The summed E-state index contributed by atoms with van der Waals surface area (Å²) in [6.45, 7) is 5.30. The molecule has 2 saturated heterocycles. The minimum absolute atomic E-state index is 0.119. The molecule has 4 N–H and O–H groups in total.